The number of rotatable bonds is 6. The van der Waals surface area contributed by atoms with Crippen LogP contribution < -0.4 is 10.6 Å². The molecule has 0 fully saturated rings. The molecular weight excluding hydrogens is 304 g/mol. The quantitative estimate of drug-likeness (QED) is 0.714. The molecule has 0 saturated carbocycles. The molecule has 3 N–H and O–H groups in total. The van der Waals surface area contributed by atoms with E-state index in [-0.39, 0.29) is 18.4 Å². The van der Waals surface area contributed by atoms with Gasteiger partial charge in [0.2, 0.25) is 0 Å². The summed E-state index contributed by atoms with van der Waals surface area (Å²) in [5, 5.41) is 14.3. The van der Waals surface area contributed by atoms with Gasteiger partial charge in [0.25, 0.3) is 11.8 Å². The fourth-order valence-corrected chi connectivity index (χ4v) is 2.45. The van der Waals surface area contributed by atoms with Gasteiger partial charge >= 0.3 is 0 Å². The molecule has 0 spiro atoms. The summed E-state index contributed by atoms with van der Waals surface area (Å²) in [5.74, 6) is -0.359. The second-order valence-electron chi connectivity index (χ2n) is 5.63. The Kier molecular flexibility index (Phi) is 6.09. The van der Waals surface area contributed by atoms with E-state index in [1.807, 2.05) is 32.0 Å². The molecule has 2 rings (SSSR count). The number of nitrogens with one attached hydrogen (secondary N) is 2. The first-order chi connectivity index (χ1) is 11.5. The number of benzene rings is 2. The maximum absolute atomic E-state index is 12.4. The van der Waals surface area contributed by atoms with E-state index in [1.54, 1.807) is 24.3 Å². The highest BCUT2D eigenvalue weighted by Gasteiger charge is 2.12. The van der Waals surface area contributed by atoms with Gasteiger partial charge in [0.1, 0.15) is 0 Å². The minimum atomic E-state index is -0.198. The number of aryl methyl sites for hydroxylation is 2. The first-order valence-corrected chi connectivity index (χ1v) is 7.89. The molecule has 5 heteroatoms. The molecule has 0 atom stereocenters. The second-order valence-corrected chi connectivity index (χ2v) is 5.63. The fraction of sp³-hybridized carbons (Fsp3) is 0.263. The Balaban J connectivity index is 2.04. The molecular formula is C19H22N2O3. The third-order valence-corrected chi connectivity index (χ3v) is 3.73. The molecule has 2 amide bonds. The van der Waals surface area contributed by atoms with Crippen LogP contribution in [0.15, 0.2) is 42.5 Å². The van der Waals surface area contributed by atoms with Crippen molar-refractivity contribution in [3.63, 3.8) is 0 Å². The Morgan fingerprint density at radius 2 is 1.58 bits per heavy atom. The minimum absolute atomic E-state index is 0.0452. The molecule has 5 nitrogen and oxygen atoms in total. The molecule has 0 aliphatic rings. The van der Waals surface area contributed by atoms with E-state index in [2.05, 4.69) is 10.6 Å². The van der Waals surface area contributed by atoms with Gasteiger partial charge in [-0.25, -0.2) is 0 Å². The zero-order chi connectivity index (χ0) is 17.5. The van der Waals surface area contributed by atoms with Crippen LogP contribution in [0.2, 0.25) is 0 Å². The molecule has 2 aromatic carbocycles. The van der Waals surface area contributed by atoms with Crippen LogP contribution in [-0.2, 0) is 0 Å². The minimum Gasteiger partial charge on any atom is -0.396 e. The standard InChI is InChI=1S/C19H22N2O3/c1-13-5-3-6-14(2)17(13)19(24)21-16-9-7-15(8-10-16)18(23)20-11-4-12-22/h3,5-10,22H,4,11-12H2,1-2H3,(H,20,23)(H,21,24). The summed E-state index contributed by atoms with van der Waals surface area (Å²) in [7, 11) is 0. The number of aliphatic hydroxyl groups is 1. The van der Waals surface area contributed by atoms with Crippen molar-refractivity contribution in [1.29, 1.82) is 0 Å². The Morgan fingerprint density at radius 1 is 0.958 bits per heavy atom. The number of anilines is 1. The van der Waals surface area contributed by atoms with Crippen molar-refractivity contribution in [3.8, 4) is 0 Å². The van der Waals surface area contributed by atoms with Gasteiger partial charge in [0, 0.05) is 30.0 Å². The Hall–Kier alpha value is -2.66. The van der Waals surface area contributed by atoms with E-state index >= 15 is 0 Å². The van der Waals surface area contributed by atoms with Crippen LogP contribution in [0.1, 0.15) is 38.3 Å². The van der Waals surface area contributed by atoms with Gasteiger partial charge in [-0.2, -0.15) is 0 Å². The SMILES string of the molecule is Cc1cccc(C)c1C(=O)Nc1ccc(C(=O)NCCCO)cc1. The second kappa shape index (κ2) is 8.26. The fourth-order valence-electron chi connectivity index (χ4n) is 2.45. The number of carbonyl (C=O) groups excluding carboxylic acids is 2. The lowest BCUT2D eigenvalue weighted by molar-refractivity contribution is 0.0950. The summed E-state index contributed by atoms with van der Waals surface area (Å²) < 4.78 is 0. The number of aliphatic hydroxyl groups excluding tert-OH is 1. The van der Waals surface area contributed by atoms with E-state index in [0.29, 0.717) is 29.8 Å². The van der Waals surface area contributed by atoms with E-state index < -0.39 is 0 Å². The van der Waals surface area contributed by atoms with Gasteiger partial charge in [-0.3, -0.25) is 9.59 Å². The number of hydrogen-bond donors (Lipinski definition) is 3. The zero-order valence-electron chi connectivity index (χ0n) is 13.9. The zero-order valence-corrected chi connectivity index (χ0v) is 13.9. The molecule has 0 aliphatic heterocycles. The van der Waals surface area contributed by atoms with Crippen LogP contribution in [0, 0.1) is 13.8 Å². The number of hydrogen-bond acceptors (Lipinski definition) is 3. The third-order valence-electron chi connectivity index (χ3n) is 3.73. The van der Waals surface area contributed by atoms with E-state index in [1.165, 1.54) is 0 Å². The van der Waals surface area contributed by atoms with Crippen LogP contribution in [0.4, 0.5) is 5.69 Å². The monoisotopic (exact) mass is 326 g/mol. The molecule has 2 aromatic rings. The van der Waals surface area contributed by atoms with Gasteiger partial charge in [-0.05, 0) is 55.7 Å². The first-order valence-electron chi connectivity index (χ1n) is 7.89. The Labute approximate surface area is 141 Å². The van der Waals surface area contributed by atoms with Crippen LogP contribution >= 0.6 is 0 Å². The van der Waals surface area contributed by atoms with Gasteiger partial charge < -0.3 is 15.7 Å². The number of amides is 2. The Morgan fingerprint density at radius 3 is 2.17 bits per heavy atom. The lowest BCUT2D eigenvalue weighted by atomic mass is 10.0. The van der Waals surface area contributed by atoms with Gasteiger partial charge in [0.15, 0.2) is 0 Å². The predicted molar refractivity (Wildman–Crippen MR) is 94.3 cm³/mol. The largest absolute Gasteiger partial charge is 0.396 e. The van der Waals surface area contributed by atoms with Gasteiger partial charge in [0.05, 0.1) is 0 Å². The molecule has 24 heavy (non-hydrogen) atoms. The van der Waals surface area contributed by atoms with Crippen molar-refractivity contribution in [3.05, 3.63) is 64.7 Å². The smallest absolute Gasteiger partial charge is 0.256 e. The molecule has 0 unspecified atom stereocenters. The maximum Gasteiger partial charge on any atom is 0.256 e. The summed E-state index contributed by atoms with van der Waals surface area (Å²) in [6.45, 7) is 4.29. The van der Waals surface area contributed by atoms with Crippen LogP contribution in [-0.4, -0.2) is 30.1 Å². The van der Waals surface area contributed by atoms with Crippen LogP contribution in [0.25, 0.3) is 0 Å². The van der Waals surface area contributed by atoms with Gasteiger partial charge in [-0.1, -0.05) is 18.2 Å². The first kappa shape index (κ1) is 17.7. The predicted octanol–water partition coefficient (Wildman–Crippen LogP) is 2.67. The summed E-state index contributed by atoms with van der Waals surface area (Å²) in [6, 6.07) is 12.5. The average Bonchev–Trinajstić information content (AvgIpc) is 2.55. The molecule has 126 valence electrons. The highest BCUT2D eigenvalue weighted by Crippen LogP contribution is 2.16. The van der Waals surface area contributed by atoms with Crippen molar-refractivity contribution in [1.82, 2.24) is 5.32 Å². The van der Waals surface area contributed by atoms with Crippen molar-refractivity contribution in [2.75, 3.05) is 18.5 Å². The molecule has 0 saturated heterocycles. The number of carbonyl (C=O) groups is 2. The highest BCUT2D eigenvalue weighted by atomic mass is 16.3. The van der Waals surface area contributed by atoms with Crippen LogP contribution in [0.5, 0.6) is 0 Å². The maximum atomic E-state index is 12.4. The van der Waals surface area contributed by atoms with E-state index in [0.717, 1.165) is 11.1 Å². The molecule has 0 heterocycles. The summed E-state index contributed by atoms with van der Waals surface area (Å²) in [6.07, 6.45) is 0.523. The van der Waals surface area contributed by atoms with Crippen molar-refractivity contribution >= 4 is 17.5 Å². The lowest BCUT2D eigenvalue weighted by Crippen LogP contribution is -2.25. The average molecular weight is 326 g/mol. The summed E-state index contributed by atoms with van der Waals surface area (Å²) in [5.41, 5.74) is 3.66. The van der Waals surface area contributed by atoms with Gasteiger partial charge in [-0.15, -0.1) is 0 Å². The lowest BCUT2D eigenvalue weighted by Gasteiger charge is -2.11. The molecule has 0 aromatic heterocycles. The summed E-state index contributed by atoms with van der Waals surface area (Å²) >= 11 is 0. The topological polar surface area (TPSA) is 78.4 Å². The Bertz CT molecular complexity index is 704. The normalized spacial score (nSPS) is 10.3. The van der Waals surface area contributed by atoms with Crippen LogP contribution in [0.3, 0.4) is 0 Å². The highest BCUT2D eigenvalue weighted by molar-refractivity contribution is 6.06. The van der Waals surface area contributed by atoms with Crippen molar-refractivity contribution in [2.45, 2.75) is 20.3 Å². The summed E-state index contributed by atoms with van der Waals surface area (Å²) in [4.78, 5) is 24.3. The molecule has 0 aliphatic carbocycles. The van der Waals surface area contributed by atoms with E-state index in [4.69, 9.17) is 5.11 Å². The molecule has 0 bridgehead atoms. The van der Waals surface area contributed by atoms with Crippen molar-refractivity contribution in [2.24, 2.45) is 0 Å². The molecule has 0 radical (unpaired) electrons. The van der Waals surface area contributed by atoms with E-state index in [9.17, 15) is 9.59 Å². The van der Waals surface area contributed by atoms with Crippen molar-refractivity contribution < 1.29 is 14.7 Å². The third kappa shape index (κ3) is 4.43.